The highest BCUT2D eigenvalue weighted by molar-refractivity contribution is 5.79. The van der Waals surface area contributed by atoms with Crippen molar-refractivity contribution in [3.05, 3.63) is 48.1 Å². The lowest BCUT2D eigenvalue weighted by atomic mass is 10.1. The lowest BCUT2D eigenvalue weighted by Gasteiger charge is -2.10. The van der Waals surface area contributed by atoms with Gasteiger partial charge in [-0.15, -0.1) is 6.58 Å². The third-order valence-corrected chi connectivity index (χ3v) is 2.27. The van der Waals surface area contributed by atoms with E-state index in [0.29, 0.717) is 31.0 Å². The second-order valence-electron chi connectivity index (χ2n) is 3.70. The molecule has 0 fully saturated rings. The first-order chi connectivity index (χ1) is 8.65. The number of rotatable bonds is 5. The van der Waals surface area contributed by atoms with Crippen LogP contribution >= 0.6 is 0 Å². The minimum atomic E-state index is -0.556. The minimum absolute atomic E-state index is 0.517. The molecule has 0 radical (unpaired) electrons. The van der Waals surface area contributed by atoms with E-state index in [2.05, 4.69) is 22.2 Å². The van der Waals surface area contributed by atoms with Crippen LogP contribution in [0.15, 0.2) is 35.8 Å². The Balaban J connectivity index is 2.43. The Morgan fingerprint density at radius 3 is 2.50 bits per heavy atom. The lowest BCUT2D eigenvalue weighted by molar-refractivity contribution is 0.579. The summed E-state index contributed by atoms with van der Waals surface area (Å²) in [5, 5.41) is 6.04. The van der Waals surface area contributed by atoms with E-state index in [1.54, 1.807) is 13.1 Å². The van der Waals surface area contributed by atoms with Crippen LogP contribution in [0, 0.1) is 11.6 Å². The average molecular weight is 253 g/mol. The Morgan fingerprint density at radius 2 is 1.94 bits per heavy atom. The first-order valence-electron chi connectivity index (χ1n) is 5.66. The van der Waals surface area contributed by atoms with Gasteiger partial charge in [0, 0.05) is 26.2 Å². The van der Waals surface area contributed by atoms with E-state index >= 15 is 0 Å². The van der Waals surface area contributed by atoms with Crippen LogP contribution in [-0.2, 0) is 6.42 Å². The number of halogens is 2. The molecule has 0 aromatic heterocycles. The zero-order valence-electron chi connectivity index (χ0n) is 10.3. The van der Waals surface area contributed by atoms with Crippen LogP contribution in [0.4, 0.5) is 8.78 Å². The van der Waals surface area contributed by atoms with E-state index in [4.69, 9.17) is 0 Å². The highest BCUT2D eigenvalue weighted by atomic mass is 19.1. The number of guanidine groups is 1. The van der Waals surface area contributed by atoms with Gasteiger partial charge in [0.25, 0.3) is 0 Å². The number of aliphatic imine (C=N–C) groups is 1. The molecule has 0 saturated carbocycles. The molecule has 18 heavy (non-hydrogen) atoms. The van der Waals surface area contributed by atoms with Gasteiger partial charge < -0.3 is 10.6 Å². The third kappa shape index (κ3) is 4.95. The van der Waals surface area contributed by atoms with Gasteiger partial charge >= 0.3 is 0 Å². The van der Waals surface area contributed by atoms with Gasteiger partial charge in [-0.2, -0.15) is 0 Å². The van der Waals surface area contributed by atoms with Gasteiger partial charge in [-0.3, -0.25) is 4.99 Å². The Morgan fingerprint density at radius 1 is 1.28 bits per heavy atom. The summed E-state index contributed by atoms with van der Waals surface area (Å²) < 4.78 is 25.9. The molecule has 1 aromatic carbocycles. The van der Waals surface area contributed by atoms with Gasteiger partial charge in [0.2, 0.25) is 0 Å². The molecule has 0 aliphatic carbocycles. The SMILES string of the molecule is C=CCNC(=NC)NCCc1cc(F)cc(F)c1. The fraction of sp³-hybridized carbons (Fsp3) is 0.308. The summed E-state index contributed by atoms with van der Waals surface area (Å²) in [7, 11) is 1.65. The van der Waals surface area contributed by atoms with Crippen molar-refractivity contribution in [2.45, 2.75) is 6.42 Å². The summed E-state index contributed by atoms with van der Waals surface area (Å²) in [5.74, 6) is -0.481. The van der Waals surface area contributed by atoms with E-state index in [-0.39, 0.29) is 0 Å². The Hall–Kier alpha value is -1.91. The van der Waals surface area contributed by atoms with E-state index in [1.165, 1.54) is 12.1 Å². The molecule has 0 aliphatic rings. The highest BCUT2D eigenvalue weighted by Crippen LogP contribution is 2.07. The Kier molecular flexibility index (Phi) is 5.84. The molecular formula is C13H17F2N3. The highest BCUT2D eigenvalue weighted by Gasteiger charge is 2.01. The molecule has 0 spiro atoms. The molecule has 0 atom stereocenters. The lowest BCUT2D eigenvalue weighted by Crippen LogP contribution is -2.38. The summed E-state index contributed by atoms with van der Waals surface area (Å²) in [4.78, 5) is 3.99. The van der Waals surface area contributed by atoms with Crippen molar-refractivity contribution in [2.24, 2.45) is 4.99 Å². The van der Waals surface area contributed by atoms with Crippen LogP contribution in [0.5, 0.6) is 0 Å². The first-order valence-corrected chi connectivity index (χ1v) is 5.66. The maximum atomic E-state index is 12.9. The summed E-state index contributed by atoms with van der Waals surface area (Å²) in [6, 6.07) is 3.51. The maximum Gasteiger partial charge on any atom is 0.191 e. The number of hydrogen-bond donors (Lipinski definition) is 2. The second-order valence-corrected chi connectivity index (χ2v) is 3.70. The minimum Gasteiger partial charge on any atom is -0.356 e. The number of hydrogen-bond acceptors (Lipinski definition) is 1. The molecule has 0 bridgehead atoms. The molecular weight excluding hydrogens is 236 g/mol. The first kappa shape index (κ1) is 14.2. The van der Waals surface area contributed by atoms with Crippen LogP contribution in [0.25, 0.3) is 0 Å². The molecule has 1 rings (SSSR count). The normalized spacial score (nSPS) is 11.2. The van der Waals surface area contributed by atoms with E-state index in [1.807, 2.05) is 0 Å². The molecule has 5 heteroatoms. The van der Waals surface area contributed by atoms with Crippen molar-refractivity contribution in [3.63, 3.8) is 0 Å². The summed E-state index contributed by atoms with van der Waals surface area (Å²) in [6.45, 7) is 4.73. The monoisotopic (exact) mass is 253 g/mol. The molecule has 0 unspecified atom stereocenters. The van der Waals surface area contributed by atoms with Crippen molar-refractivity contribution >= 4 is 5.96 Å². The largest absolute Gasteiger partial charge is 0.356 e. The fourth-order valence-electron chi connectivity index (χ4n) is 1.47. The van der Waals surface area contributed by atoms with Gasteiger partial charge in [-0.05, 0) is 24.1 Å². The number of nitrogens with zero attached hydrogens (tertiary/aromatic N) is 1. The Labute approximate surface area is 106 Å². The van der Waals surface area contributed by atoms with Crippen molar-refractivity contribution in [3.8, 4) is 0 Å². The molecule has 0 amide bonds. The smallest absolute Gasteiger partial charge is 0.191 e. The average Bonchev–Trinajstić information content (AvgIpc) is 2.32. The topological polar surface area (TPSA) is 36.4 Å². The van der Waals surface area contributed by atoms with Crippen LogP contribution in [-0.4, -0.2) is 26.1 Å². The third-order valence-electron chi connectivity index (χ3n) is 2.27. The quantitative estimate of drug-likeness (QED) is 0.477. The van der Waals surface area contributed by atoms with Crippen molar-refractivity contribution in [1.82, 2.24) is 10.6 Å². The van der Waals surface area contributed by atoms with Gasteiger partial charge in [-0.25, -0.2) is 8.78 Å². The molecule has 1 aromatic rings. The van der Waals surface area contributed by atoms with Gasteiger partial charge in [0.1, 0.15) is 11.6 Å². The summed E-state index contributed by atoms with van der Waals surface area (Å²) in [6.07, 6.45) is 2.23. The predicted molar refractivity (Wildman–Crippen MR) is 69.6 cm³/mol. The standard InChI is InChI=1S/C13H17F2N3/c1-3-5-17-13(16-2)18-6-4-10-7-11(14)9-12(15)8-10/h3,7-9H,1,4-6H2,2H3,(H2,16,17,18). The number of nitrogens with one attached hydrogen (secondary N) is 2. The molecule has 3 nitrogen and oxygen atoms in total. The molecule has 0 aliphatic heterocycles. The molecule has 0 heterocycles. The van der Waals surface area contributed by atoms with Crippen molar-refractivity contribution < 1.29 is 8.78 Å². The second kappa shape index (κ2) is 7.42. The van der Waals surface area contributed by atoms with Crippen LogP contribution < -0.4 is 10.6 Å². The predicted octanol–water partition coefficient (Wildman–Crippen LogP) is 1.86. The van der Waals surface area contributed by atoms with E-state index in [0.717, 1.165) is 6.07 Å². The molecule has 2 N–H and O–H groups in total. The van der Waals surface area contributed by atoms with Crippen molar-refractivity contribution in [1.29, 1.82) is 0 Å². The number of benzene rings is 1. The zero-order chi connectivity index (χ0) is 13.4. The summed E-state index contributed by atoms with van der Waals surface area (Å²) >= 11 is 0. The maximum absolute atomic E-state index is 12.9. The van der Waals surface area contributed by atoms with Crippen LogP contribution in [0.2, 0.25) is 0 Å². The van der Waals surface area contributed by atoms with Crippen LogP contribution in [0.3, 0.4) is 0 Å². The Bertz CT molecular complexity index is 410. The van der Waals surface area contributed by atoms with Gasteiger partial charge in [0.15, 0.2) is 5.96 Å². The summed E-state index contributed by atoms with van der Waals surface area (Å²) in [5.41, 5.74) is 0.610. The fourth-order valence-corrected chi connectivity index (χ4v) is 1.47. The van der Waals surface area contributed by atoms with Gasteiger partial charge in [0.05, 0.1) is 0 Å². The molecule has 98 valence electrons. The van der Waals surface area contributed by atoms with E-state index in [9.17, 15) is 8.78 Å². The molecule has 0 saturated heterocycles. The zero-order valence-corrected chi connectivity index (χ0v) is 10.3. The van der Waals surface area contributed by atoms with Gasteiger partial charge in [-0.1, -0.05) is 6.08 Å². The van der Waals surface area contributed by atoms with Crippen molar-refractivity contribution in [2.75, 3.05) is 20.1 Å². The van der Waals surface area contributed by atoms with E-state index < -0.39 is 11.6 Å². The van der Waals surface area contributed by atoms with Crippen LogP contribution in [0.1, 0.15) is 5.56 Å².